The Kier molecular flexibility index (Phi) is 8.57. The first kappa shape index (κ1) is 25.1. The smallest absolute Gasteiger partial charge is 0.321 e. The summed E-state index contributed by atoms with van der Waals surface area (Å²) in [5.74, 6) is -1.68. The van der Waals surface area contributed by atoms with Crippen LogP contribution in [0.3, 0.4) is 0 Å². The van der Waals surface area contributed by atoms with E-state index in [1.165, 1.54) is 6.92 Å². The monoisotopic (exact) mass is 419 g/mol. The van der Waals surface area contributed by atoms with Crippen LogP contribution in [-0.2, 0) is 19.7 Å². The fourth-order valence-electron chi connectivity index (χ4n) is 2.40. The fraction of sp³-hybridized carbons (Fsp3) is 0.545. The lowest BCUT2D eigenvalue weighted by Gasteiger charge is -2.21. The number of esters is 1. The molecule has 30 heavy (non-hydrogen) atoms. The van der Waals surface area contributed by atoms with Gasteiger partial charge >= 0.3 is 12.0 Å². The Balaban J connectivity index is 2.41. The van der Waals surface area contributed by atoms with Gasteiger partial charge < -0.3 is 15.4 Å². The number of carbonyl (C=O) groups excluding carboxylic acids is 4. The van der Waals surface area contributed by atoms with Crippen molar-refractivity contribution in [2.45, 2.75) is 71.9 Å². The Morgan fingerprint density at radius 3 is 2.03 bits per heavy atom. The van der Waals surface area contributed by atoms with Gasteiger partial charge in [0.15, 0.2) is 6.10 Å². The zero-order chi connectivity index (χ0) is 23.1. The van der Waals surface area contributed by atoms with E-state index in [2.05, 4.69) is 36.7 Å². The highest BCUT2D eigenvalue weighted by molar-refractivity contribution is 5.97. The van der Waals surface area contributed by atoms with Crippen LogP contribution >= 0.6 is 0 Å². The summed E-state index contributed by atoms with van der Waals surface area (Å²) >= 11 is 0. The van der Waals surface area contributed by atoms with Crippen molar-refractivity contribution in [3.05, 3.63) is 35.4 Å². The summed E-state index contributed by atoms with van der Waals surface area (Å²) in [4.78, 5) is 47.7. The second-order valence-corrected chi connectivity index (χ2v) is 9.16. The highest BCUT2D eigenvalue weighted by Gasteiger charge is 2.22. The minimum atomic E-state index is -1.14. The quantitative estimate of drug-likeness (QED) is 0.614. The minimum Gasteiger partial charge on any atom is -0.452 e. The van der Waals surface area contributed by atoms with E-state index in [9.17, 15) is 19.2 Å². The summed E-state index contributed by atoms with van der Waals surface area (Å²) in [6, 6.07) is 6.62. The lowest BCUT2D eigenvalue weighted by atomic mass is 9.87. The lowest BCUT2D eigenvalue weighted by molar-refractivity contribution is -0.154. The van der Waals surface area contributed by atoms with Crippen molar-refractivity contribution in [2.75, 3.05) is 6.54 Å². The van der Waals surface area contributed by atoms with Crippen LogP contribution in [0.1, 0.15) is 70.8 Å². The van der Waals surface area contributed by atoms with Crippen molar-refractivity contribution in [3.63, 3.8) is 0 Å². The molecule has 0 bridgehead atoms. The number of imide groups is 1. The number of amides is 4. The maximum atomic E-state index is 12.2. The largest absolute Gasteiger partial charge is 0.452 e. The summed E-state index contributed by atoms with van der Waals surface area (Å²) in [7, 11) is 0. The molecule has 1 rings (SSSR count). The number of nitrogens with one attached hydrogen (secondary N) is 3. The Morgan fingerprint density at radius 1 is 0.967 bits per heavy atom. The summed E-state index contributed by atoms with van der Waals surface area (Å²) in [5.41, 5.74) is 1.10. The average Bonchev–Trinajstić information content (AvgIpc) is 2.59. The van der Waals surface area contributed by atoms with E-state index < -0.39 is 29.6 Å². The fourth-order valence-corrected chi connectivity index (χ4v) is 2.40. The van der Waals surface area contributed by atoms with Crippen molar-refractivity contribution < 1.29 is 23.9 Å². The maximum absolute atomic E-state index is 12.2. The van der Waals surface area contributed by atoms with Crippen LogP contribution in [0.4, 0.5) is 4.79 Å². The summed E-state index contributed by atoms with van der Waals surface area (Å²) < 4.78 is 5.00. The van der Waals surface area contributed by atoms with E-state index in [1.54, 1.807) is 32.9 Å². The number of ether oxygens (including phenoxy) is 1. The third-order valence-electron chi connectivity index (χ3n) is 4.03. The van der Waals surface area contributed by atoms with Crippen molar-refractivity contribution >= 4 is 23.8 Å². The molecule has 166 valence electrons. The molecule has 0 aromatic heterocycles. The molecule has 4 amide bonds. The van der Waals surface area contributed by atoms with E-state index in [0.717, 1.165) is 5.56 Å². The molecule has 0 aliphatic carbocycles. The van der Waals surface area contributed by atoms with Crippen molar-refractivity contribution in [1.82, 2.24) is 16.0 Å². The predicted octanol–water partition coefficient (Wildman–Crippen LogP) is 2.66. The first-order valence-corrected chi connectivity index (χ1v) is 9.90. The molecule has 1 atom stereocenters. The van der Waals surface area contributed by atoms with Gasteiger partial charge in [-0.05, 0) is 50.8 Å². The summed E-state index contributed by atoms with van der Waals surface area (Å²) in [5, 5.41) is 7.33. The lowest BCUT2D eigenvalue weighted by Crippen LogP contribution is -2.50. The van der Waals surface area contributed by atoms with Gasteiger partial charge in [0, 0.05) is 17.6 Å². The number of carbonyl (C=O) groups is 4. The number of rotatable bonds is 6. The summed E-state index contributed by atoms with van der Waals surface area (Å²) in [6.45, 7) is 13.0. The third kappa shape index (κ3) is 9.07. The van der Waals surface area contributed by atoms with Crippen molar-refractivity contribution in [1.29, 1.82) is 0 Å². The van der Waals surface area contributed by atoms with E-state index in [4.69, 9.17) is 4.74 Å². The maximum Gasteiger partial charge on any atom is 0.321 e. The van der Waals surface area contributed by atoms with Gasteiger partial charge in [0.2, 0.25) is 0 Å². The van der Waals surface area contributed by atoms with E-state index in [0.29, 0.717) is 5.56 Å². The topological polar surface area (TPSA) is 114 Å². The van der Waals surface area contributed by atoms with Crippen LogP contribution in [0.15, 0.2) is 24.3 Å². The van der Waals surface area contributed by atoms with Gasteiger partial charge in [-0.15, -0.1) is 0 Å². The number of hydrogen-bond acceptors (Lipinski definition) is 5. The normalized spacial score (nSPS) is 12.5. The molecule has 8 nitrogen and oxygen atoms in total. The van der Waals surface area contributed by atoms with Crippen molar-refractivity contribution in [3.8, 4) is 0 Å². The van der Waals surface area contributed by atoms with Crippen LogP contribution in [0.5, 0.6) is 0 Å². The molecule has 0 saturated heterocycles. The highest BCUT2D eigenvalue weighted by Crippen LogP contribution is 2.22. The summed E-state index contributed by atoms with van der Waals surface area (Å²) in [6.07, 6.45) is -1.23. The molecule has 8 heteroatoms. The Bertz CT molecular complexity index is 773. The number of benzene rings is 1. The van der Waals surface area contributed by atoms with Crippen LogP contribution < -0.4 is 16.0 Å². The van der Waals surface area contributed by atoms with Gasteiger partial charge in [-0.25, -0.2) is 4.79 Å². The van der Waals surface area contributed by atoms with Gasteiger partial charge in [-0.1, -0.05) is 32.9 Å². The molecule has 1 aromatic carbocycles. The van der Waals surface area contributed by atoms with Gasteiger partial charge in [0.05, 0.1) is 6.42 Å². The minimum absolute atomic E-state index is 0.00479. The molecule has 0 fully saturated rings. The van der Waals surface area contributed by atoms with Crippen LogP contribution in [-0.4, -0.2) is 42.0 Å². The second kappa shape index (κ2) is 10.2. The molecule has 0 radical (unpaired) electrons. The molecule has 0 unspecified atom stereocenters. The first-order chi connectivity index (χ1) is 13.7. The Hall–Kier alpha value is -2.90. The standard InChI is InChI=1S/C22H33N3O5/c1-14(18(27)24-20(29)25-22(5,6)7)30-17(26)12-13-23-19(28)15-8-10-16(11-9-15)21(2,3)4/h8-11,14H,12-13H2,1-7H3,(H,23,28)(H2,24,25,27,29)/t14-/m0/s1. The molecule has 0 aliphatic rings. The van der Waals surface area contributed by atoms with Gasteiger partial charge in [-0.3, -0.25) is 19.7 Å². The first-order valence-electron chi connectivity index (χ1n) is 9.90. The van der Waals surface area contributed by atoms with Crippen LogP contribution in [0.25, 0.3) is 0 Å². The average molecular weight is 420 g/mol. The highest BCUT2D eigenvalue weighted by atomic mass is 16.5. The van der Waals surface area contributed by atoms with Crippen LogP contribution in [0, 0.1) is 0 Å². The van der Waals surface area contributed by atoms with Gasteiger partial charge in [-0.2, -0.15) is 0 Å². The van der Waals surface area contributed by atoms with Crippen molar-refractivity contribution in [2.24, 2.45) is 0 Å². The molecule has 0 spiro atoms. The molecule has 3 N–H and O–H groups in total. The molecular formula is C22H33N3O5. The predicted molar refractivity (Wildman–Crippen MR) is 114 cm³/mol. The third-order valence-corrected chi connectivity index (χ3v) is 4.03. The molecule has 1 aromatic rings. The zero-order valence-electron chi connectivity index (χ0n) is 18.8. The van der Waals surface area contributed by atoms with E-state index in [-0.39, 0.29) is 24.3 Å². The number of urea groups is 1. The second-order valence-electron chi connectivity index (χ2n) is 9.16. The van der Waals surface area contributed by atoms with Crippen LogP contribution in [0.2, 0.25) is 0 Å². The number of hydrogen-bond donors (Lipinski definition) is 3. The molecular weight excluding hydrogens is 386 g/mol. The van der Waals surface area contributed by atoms with Gasteiger partial charge in [0.25, 0.3) is 11.8 Å². The molecule has 0 heterocycles. The van der Waals surface area contributed by atoms with E-state index in [1.807, 2.05) is 12.1 Å². The van der Waals surface area contributed by atoms with Gasteiger partial charge in [0.1, 0.15) is 0 Å². The Labute approximate surface area is 178 Å². The van der Waals surface area contributed by atoms with E-state index >= 15 is 0 Å². The Morgan fingerprint density at radius 2 is 1.53 bits per heavy atom. The zero-order valence-corrected chi connectivity index (χ0v) is 18.8. The molecule has 0 aliphatic heterocycles. The molecule has 0 saturated carbocycles. The SMILES string of the molecule is C[C@H](OC(=O)CCNC(=O)c1ccc(C(C)(C)C)cc1)C(=O)NC(=O)NC(C)(C)C.